The molecule has 1 fully saturated rings. The van der Waals surface area contributed by atoms with Gasteiger partial charge in [-0.1, -0.05) is 41.4 Å². The molecule has 1 saturated heterocycles. The number of esters is 1. The van der Waals surface area contributed by atoms with E-state index in [1.807, 2.05) is 12.1 Å². The van der Waals surface area contributed by atoms with E-state index in [2.05, 4.69) is 10.2 Å². The van der Waals surface area contributed by atoms with Crippen LogP contribution < -0.4 is 5.32 Å². The molecule has 1 amide bonds. The summed E-state index contributed by atoms with van der Waals surface area (Å²) in [7, 11) is 0. The Labute approximate surface area is 180 Å². The van der Waals surface area contributed by atoms with Crippen LogP contribution in [-0.4, -0.2) is 36.5 Å². The standard InChI is InChI=1S/C22H24Cl2N2O3/c1-2-29-22(28)17-7-3-4-8-20(17)25-21(27)16-6-5-11-26(14-16)13-15-9-10-18(23)19(24)12-15/h3-4,7-10,12,16H,2,5-6,11,13-14H2,1H3,(H,25,27). The van der Waals surface area contributed by atoms with Gasteiger partial charge in [-0.2, -0.15) is 0 Å². The van der Waals surface area contributed by atoms with Gasteiger partial charge < -0.3 is 10.1 Å². The summed E-state index contributed by atoms with van der Waals surface area (Å²) in [5, 5.41) is 3.98. The number of likely N-dealkylation sites (tertiary alicyclic amines) is 1. The number of benzene rings is 2. The molecule has 1 aliphatic heterocycles. The third kappa shape index (κ3) is 5.72. The molecular formula is C22H24Cl2N2O3. The second-order valence-corrected chi connectivity index (χ2v) is 7.89. The van der Waals surface area contributed by atoms with Crippen molar-refractivity contribution in [2.24, 2.45) is 5.92 Å². The van der Waals surface area contributed by atoms with Gasteiger partial charge in [-0.3, -0.25) is 9.69 Å². The van der Waals surface area contributed by atoms with Gasteiger partial charge >= 0.3 is 5.97 Å². The van der Waals surface area contributed by atoms with Crippen LogP contribution in [0.1, 0.15) is 35.7 Å². The second kappa shape index (κ2) is 10.1. The van der Waals surface area contributed by atoms with Gasteiger partial charge in [0.2, 0.25) is 5.91 Å². The molecule has 7 heteroatoms. The fraction of sp³-hybridized carbons (Fsp3) is 0.364. The summed E-state index contributed by atoms with van der Waals surface area (Å²) in [6, 6.07) is 12.5. The zero-order valence-corrected chi connectivity index (χ0v) is 17.8. The monoisotopic (exact) mass is 434 g/mol. The summed E-state index contributed by atoms with van der Waals surface area (Å²) in [5.74, 6) is -0.671. The van der Waals surface area contributed by atoms with Gasteiger partial charge in [0.1, 0.15) is 0 Å². The highest BCUT2D eigenvalue weighted by Crippen LogP contribution is 2.26. The molecule has 0 bridgehead atoms. The number of halogens is 2. The zero-order chi connectivity index (χ0) is 20.8. The average molecular weight is 435 g/mol. The van der Waals surface area contributed by atoms with Crippen LogP contribution in [0.5, 0.6) is 0 Å². The van der Waals surface area contributed by atoms with Crippen molar-refractivity contribution in [3.8, 4) is 0 Å². The van der Waals surface area contributed by atoms with E-state index < -0.39 is 5.97 Å². The number of carbonyl (C=O) groups is 2. The number of rotatable bonds is 6. The first-order valence-electron chi connectivity index (χ1n) is 9.71. The first-order chi connectivity index (χ1) is 14.0. The van der Waals surface area contributed by atoms with Crippen molar-refractivity contribution in [2.75, 3.05) is 25.0 Å². The lowest BCUT2D eigenvalue weighted by Crippen LogP contribution is -2.40. The number of para-hydroxylation sites is 1. The van der Waals surface area contributed by atoms with Crippen LogP contribution in [0, 0.1) is 5.92 Å². The summed E-state index contributed by atoms with van der Waals surface area (Å²) >= 11 is 12.1. The van der Waals surface area contributed by atoms with Crippen LogP contribution in [-0.2, 0) is 16.1 Å². The molecule has 154 valence electrons. The molecule has 3 rings (SSSR count). The predicted molar refractivity (Wildman–Crippen MR) is 115 cm³/mol. The van der Waals surface area contributed by atoms with E-state index in [-0.39, 0.29) is 18.4 Å². The first kappa shape index (κ1) is 21.6. The average Bonchev–Trinajstić information content (AvgIpc) is 2.71. The predicted octanol–water partition coefficient (Wildman–Crippen LogP) is 5.02. The van der Waals surface area contributed by atoms with Gasteiger partial charge in [-0.15, -0.1) is 0 Å². The number of ether oxygens (including phenoxy) is 1. The van der Waals surface area contributed by atoms with E-state index in [9.17, 15) is 9.59 Å². The first-order valence-corrected chi connectivity index (χ1v) is 10.5. The van der Waals surface area contributed by atoms with Crippen LogP contribution >= 0.6 is 23.2 Å². The molecule has 1 aliphatic rings. The number of nitrogens with one attached hydrogen (secondary N) is 1. The van der Waals surface area contributed by atoms with Crippen molar-refractivity contribution in [1.29, 1.82) is 0 Å². The minimum Gasteiger partial charge on any atom is -0.462 e. The van der Waals surface area contributed by atoms with Crippen molar-refractivity contribution in [1.82, 2.24) is 4.90 Å². The number of amides is 1. The number of anilines is 1. The van der Waals surface area contributed by atoms with Crippen molar-refractivity contribution in [3.63, 3.8) is 0 Å². The van der Waals surface area contributed by atoms with Crippen LogP contribution in [0.15, 0.2) is 42.5 Å². The van der Waals surface area contributed by atoms with E-state index in [1.165, 1.54) is 0 Å². The van der Waals surface area contributed by atoms with Gasteiger partial charge in [0.15, 0.2) is 0 Å². The second-order valence-electron chi connectivity index (χ2n) is 7.08. The van der Waals surface area contributed by atoms with E-state index >= 15 is 0 Å². The van der Waals surface area contributed by atoms with Gasteiger partial charge in [-0.05, 0) is 56.1 Å². The Bertz CT molecular complexity index is 888. The Balaban J connectivity index is 1.64. The minimum absolute atomic E-state index is 0.0828. The molecule has 1 N–H and O–H groups in total. The fourth-order valence-corrected chi connectivity index (χ4v) is 3.84. The number of hydrogen-bond acceptors (Lipinski definition) is 4. The van der Waals surface area contributed by atoms with Crippen molar-refractivity contribution in [2.45, 2.75) is 26.3 Å². The molecule has 0 saturated carbocycles. The van der Waals surface area contributed by atoms with Gasteiger partial charge in [0, 0.05) is 13.1 Å². The van der Waals surface area contributed by atoms with E-state index in [0.29, 0.717) is 34.4 Å². The molecular weight excluding hydrogens is 411 g/mol. The molecule has 2 aromatic carbocycles. The van der Waals surface area contributed by atoms with Gasteiger partial charge in [0.25, 0.3) is 0 Å². The Morgan fingerprint density at radius 1 is 1.17 bits per heavy atom. The molecule has 5 nitrogen and oxygen atoms in total. The Morgan fingerprint density at radius 3 is 2.72 bits per heavy atom. The summed E-state index contributed by atoms with van der Waals surface area (Å²) in [5.41, 5.74) is 1.91. The SMILES string of the molecule is CCOC(=O)c1ccccc1NC(=O)C1CCCN(Cc2ccc(Cl)c(Cl)c2)C1. The van der Waals surface area contributed by atoms with E-state index in [1.54, 1.807) is 37.3 Å². The topological polar surface area (TPSA) is 58.6 Å². The number of nitrogens with zero attached hydrogens (tertiary/aromatic N) is 1. The summed E-state index contributed by atoms with van der Waals surface area (Å²) in [4.78, 5) is 27.2. The lowest BCUT2D eigenvalue weighted by molar-refractivity contribution is -0.121. The van der Waals surface area contributed by atoms with E-state index in [0.717, 1.165) is 24.9 Å². The van der Waals surface area contributed by atoms with Gasteiger partial charge in [0.05, 0.1) is 33.8 Å². The van der Waals surface area contributed by atoms with Crippen molar-refractivity contribution in [3.05, 3.63) is 63.6 Å². The number of hydrogen-bond donors (Lipinski definition) is 1. The number of carbonyl (C=O) groups excluding carboxylic acids is 2. The molecule has 0 spiro atoms. The molecule has 0 aromatic heterocycles. The molecule has 0 aliphatic carbocycles. The molecule has 1 atom stereocenters. The number of piperidine rings is 1. The molecule has 1 heterocycles. The molecule has 0 radical (unpaired) electrons. The quantitative estimate of drug-likeness (QED) is 0.648. The maximum atomic E-state index is 12.9. The van der Waals surface area contributed by atoms with Crippen LogP contribution in [0.25, 0.3) is 0 Å². The third-order valence-electron chi connectivity index (χ3n) is 4.95. The lowest BCUT2D eigenvalue weighted by Gasteiger charge is -2.32. The molecule has 1 unspecified atom stereocenters. The van der Waals surface area contributed by atoms with Crippen molar-refractivity contribution >= 4 is 40.8 Å². The maximum Gasteiger partial charge on any atom is 0.340 e. The van der Waals surface area contributed by atoms with Gasteiger partial charge in [-0.25, -0.2) is 4.79 Å². The summed E-state index contributed by atoms with van der Waals surface area (Å²) in [6.45, 7) is 4.31. The van der Waals surface area contributed by atoms with Crippen LogP contribution in [0.2, 0.25) is 10.0 Å². The maximum absolute atomic E-state index is 12.9. The third-order valence-corrected chi connectivity index (χ3v) is 5.69. The van der Waals surface area contributed by atoms with Crippen LogP contribution in [0.4, 0.5) is 5.69 Å². The minimum atomic E-state index is -0.437. The molecule has 29 heavy (non-hydrogen) atoms. The fourth-order valence-electron chi connectivity index (χ4n) is 3.52. The zero-order valence-electron chi connectivity index (χ0n) is 16.3. The normalized spacial score (nSPS) is 17.0. The molecule has 2 aromatic rings. The highest BCUT2D eigenvalue weighted by atomic mass is 35.5. The van der Waals surface area contributed by atoms with Crippen molar-refractivity contribution < 1.29 is 14.3 Å². The lowest BCUT2D eigenvalue weighted by atomic mass is 9.96. The highest BCUT2D eigenvalue weighted by Gasteiger charge is 2.27. The smallest absolute Gasteiger partial charge is 0.340 e. The Morgan fingerprint density at radius 2 is 1.97 bits per heavy atom. The largest absolute Gasteiger partial charge is 0.462 e. The highest BCUT2D eigenvalue weighted by molar-refractivity contribution is 6.42. The summed E-state index contributed by atoms with van der Waals surface area (Å²) in [6.07, 6.45) is 1.74. The summed E-state index contributed by atoms with van der Waals surface area (Å²) < 4.78 is 5.08. The van der Waals surface area contributed by atoms with E-state index in [4.69, 9.17) is 27.9 Å². The Kier molecular flexibility index (Phi) is 7.53. The van der Waals surface area contributed by atoms with Crippen LogP contribution in [0.3, 0.4) is 0 Å². The Hall–Kier alpha value is -2.08.